The SMILES string of the molecule is O=c1cc(C=Cc2ccco2)[nH]c2ccccc12. The van der Waals surface area contributed by atoms with Gasteiger partial charge in [-0.05, 0) is 36.4 Å². The van der Waals surface area contributed by atoms with Crippen molar-refractivity contribution < 1.29 is 4.42 Å². The van der Waals surface area contributed by atoms with E-state index in [2.05, 4.69) is 4.98 Å². The van der Waals surface area contributed by atoms with Crippen molar-refractivity contribution in [1.82, 2.24) is 4.98 Å². The van der Waals surface area contributed by atoms with Gasteiger partial charge in [0.1, 0.15) is 5.76 Å². The van der Waals surface area contributed by atoms with Crippen LogP contribution in [0.3, 0.4) is 0 Å². The largest absolute Gasteiger partial charge is 0.465 e. The standard InChI is InChI=1S/C15H11NO2/c17-15-10-11(7-8-12-4-3-9-18-12)16-14-6-2-1-5-13(14)15/h1-10H,(H,16,17). The minimum absolute atomic E-state index is 0.0171. The van der Waals surface area contributed by atoms with Gasteiger partial charge in [-0.15, -0.1) is 0 Å². The molecule has 0 bridgehead atoms. The molecule has 0 aliphatic carbocycles. The molecule has 0 spiro atoms. The second kappa shape index (κ2) is 4.37. The predicted molar refractivity (Wildman–Crippen MR) is 72.2 cm³/mol. The molecule has 0 fully saturated rings. The maximum atomic E-state index is 11.9. The summed E-state index contributed by atoms with van der Waals surface area (Å²) in [6.07, 6.45) is 5.26. The fourth-order valence-electron chi connectivity index (χ4n) is 1.87. The van der Waals surface area contributed by atoms with Gasteiger partial charge in [0.2, 0.25) is 0 Å². The van der Waals surface area contributed by atoms with E-state index >= 15 is 0 Å². The lowest BCUT2D eigenvalue weighted by molar-refractivity contribution is 0.557. The maximum absolute atomic E-state index is 11.9. The van der Waals surface area contributed by atoms with Crippen LogP contribution in [-0.2, 0) is 0 Å². The highest BCUT2D eigenvalue weighted by atomic mass is 16.3. The van der Waals surface area contributed by atoms with Crippen molar-refractivity contribution in [3.05, 3.63) is 70.4 Å². The first-order valence-electron chi connectivity index (χ1n) is 5.66. The van der Waals surface area contributed by atoms with Crippen molar-refractivity contribution >= 4 is 23.1 Å². The lowest BCUT2D eigenvalue weighted by Crippen LogP contribution is -2.02. The summed E-state index contributed by atoms with van der Waals surface area (Å²) in [7, 11) is 0. The minimum Gasteiger partial charge on any atom is -0.465 e. The summed E-state index contributed by atoms with van der Waals surface area (Å²) in [5.41, 5.74) is 1.61. The van der Waals surface area contributed by atoms with Gasteiger partial charge in [-0.1, -0.05) is 12.1 Å². The number of pyridine rings is 1. The number of benzene rings is 1. The smallest absolute Gasteiger partial charge is 0.189 e. The third kappa shape index (κ3) is 1.98. The van der Waals surface area contributed by atoms with Gasteiger partial charge in [0.15, 0.2) is 5.43 Å². The number of hydrogen-bond donors (Lipinski definition) is 1. The third-order valence-electron chi connectivity index (χ3n) is 2.73. The van der Waals surface area contributed by atoms with Crippen LogP contribution in [-0.4, -0.2) is 4.98 Å². The number of rotatable bonds is 2. The first kappa shape index (κ1) is 10.6. The van der Waals surface area contributed by atoms with E-state index < -0.39 is 0 Å². The zero-order valence-corrected chi connectivity index (χ0v) is 9.59. The fraction of sp³-hybridized carbons (Fsp3) is 0. The molecule has 3 nitrogen and oxygen atoms in total. The summed E-state index contributed by atoms with van der Waals surface area (Å²) < 4.78 is 5.19. The molecule has 18 heavy (non-hydrogen) atoms. The van der Waals surface area contributed by atoms with Crippen LogP contribution in [0.15, 0.2) is 57.9 Å². The van der Waals surface area contributed by atoms with E-state index in [1.54, 1.807) is 12.3 Å². The molecule has 0 aliphatic rings. The summed E-state index contributed by atoms with van der Waals surface area (Å²) in [4.78, 5) is 15.1. The lowest BCUT2D eigenvalue weighted by Gasteiger charge is -1.99. The second-order valence-electron chi connectivity index (χ2n) is 3.98. The Kier molecular flexibility index (Phi) is 2.57. The highest BCUT2D eigenvalue weighted by Crippen LogP contribution is 2.10. The molecule has 3 aromatic rings. The van der Waals surface area contributed by atoms with E-state index in [0.717, 1.165) is 17.0 Å². The average molecular weight is 237 g/mol. The average Bonchev–Trinajstić information content (AvgIpc) is 2.90. The molecule has 1 N–H and O–H groups in total. The molecule has 0 aliphatic heterocycles. The van der Waals surface area contributed by atoms with E-state index in [4.69, 9.17) is 4.42 Å². The summed E-state index contributed by atoms with van der Waals surface area (Å²) in [6, 6.07) is 12.7. The molecule has 0 amide bonds. The van der Waals surface area contributed by atoms with Gasteiger partial charge in [-0.3, -0.25) is 4.79 Å². The van der Waals surface area contributed by atoms with E-state index in [0.29, 0.717) is 5.39 Å². The number of hydrogen-bond acceptors (Lipinski definition) is 2. The molecule has 1 aromatic carbocycles. The number of furan rings is 1. The topological polar surface area (TPSA) is 46.0 Å². The Balaban J connectivity index is 2.06. The predicted octanol–water partition coefficient (Wildman–Crippen LogP) is 3.29. The molecule has 3 heteroatoms. The number of nitrogens with one attached hydrogen (secondary N) is 1. The van der Waals surface area contributed by atoms with Crippen LogP contribution in [0.25, 0.3) is 23.1 Å². The highest BCUT2D eigenvalue weighted by molar-refractivity contribution is 5.80. The van der Waals surface area contributed by atoms with Gasteiger partial charge >= 0.3 is 0 Å². The Morgan fingerprint density at radius 1 is 1.06 bits per heavy atom. The zero-order chi connectivity index (χ0) is 12.4. The number of aromatic amines is 1. The lowest BCUT2D eigenvalue weighted by atomic mass is 10.2. The molecule has 0 radical (unpaired) electrons. The van der Waals surface area contributed by atoms with Crippen LogP contribution < -0.4 is 5.43 Å². The van der Waals surface area contributed by atoms with E-state index in [9.17, 15) is 4.79 Å². The van der Waals surface area contributed by atoms with Crippen LogP contribution >= 0.6 is 0 Å². The van der Waals surface area contributed by atoms with Gasteiger partial charge in [0.05, 0.1) is 6.26 Å². The Bertz CT molecular complexity index is 752. The highest BCUT2D eigenvalue weighted by Gasteiger charge is 1.99. The van der Waals surface area contributed by atoms with Gasteiger partial charge in [0, 0.05) is 22.7 Å². The van der Waals surface area contributed by atoms with E-state index in [-0.39, 0.29) is 5.43 Å². The van der Waals surface area contributed by atoms with E-state index in [1.807, 2.05) is 48.6 Å². The molecule has 0 saturated heterocycles. The monoisotopic (exact) mass is 237 g/mol. The molecule has 3 rings (SSSR count). The van der Waals surface area contributed by atoms with Gasteiger partial charge in [0.25, 0.3) is 0 Å². The van der Waals surface area contributed by atoms with E-state index in [1.165, 1.54) is 0 Å². The Hall–Kier alpha value is -2.55. The Labute approximate surface area is 103 Å². The number of fused-ring (bicyclic) bond motifs is 1. The number of H-pyrrole nitrogens is 1. The van der Waals surface area contributed by atoms with Crippen LogP contribution in [0.4, 0.5) is 0 Å². The minimum atomic E-state index is 0.0171. The first-order chi connectivity index (χ1) is 8.83. The normalized spacial score (nSPS) is 11.3. The van der Waals surface area contributed by atoms with Crippen LogP contribution in [0.5, 0.6) is 0 Å². The van der Waals surface area contributed by atoms with Crippen LogP contribution in [0.1, 0.15) is 11.5 Å². The molecule has 88 valence electrons. The molecular weight excluding hydrogens is 226 g/mol. The molecule has 0 saturated carbocycles. The van der Waals surface area contributed by atoms with Crippen LogP contribution in [0, 0.1) is 0 Å². The molecule has 2 aromatic heterocycles. The zero-order valence-electron chi connectivity index (χ0n) is 9.59. The number of para-hydroxylation sites is 1. The summed E-state index contributed by atoms with van der Waals surface area (Å²) >= 11 is 0. The maximum Gasteiger partial charge on any atom is 0.189 e. The van der Waals surface area contributed by atoms with Crippen molar-refractivity contribution in [1.29, 1.82) is 0 Å². The number of aromatic nitrogens is 1. The Morgan fingerprint density at radius 2 is 1.94 bits per heavy atom. The van der Waals surface area contributed by atoms with Crippen molar-refractivity contribution in [2.75, 3.05) is 0 Å². The quantitative estimate of drug-likeness (QED) is 0.743. The van der Waals surface area contributed by atoms with Crippen molar-refractivity contribution in [2.45, 2.75) is 0 Å². The molecule has 0 unspecified atom stereocenters. The van der Waals surface area contributed by atoms with Crippen molar-refractivity contribution in [2.24, 2.45) is 0 Å². The molecule has 0 atom stereocenters. The van der Waals surface area contributed by atoms with Crippen molar-refractivity contribution in [3.8, 4) is 0 Å². The van der Waals surface area contributed by atoms with Gasteiger partial charge in [-0.2, -0.15) is 0 Å². The summed E-state index contributed by atoms with van der Waals surface area (Å²) in [6.45, 7) is 0. The Morgan fingerprint density at radius 3 is 2.78 bits per heavy atom. The second-order valence-corrected chi connectivity index (χ2v) is 3.98. The third-order valence-corrected chi connectivity index (χ3v) is 2.73. The molecule has 2 heterocycles. The summed E-state index contributed by atoms with van der Waals surface area (Å²) in [5.74, 6) is 0.754. The first-order valence-corrected chi connectivity index (χ1v) is 5.66. The van der Waals surface area contributed by atoms with Crippen LogP contribution in [0.2, 0.25) is 0 Å². The fourth-order valence-corrected chi connectivity index (χ4v) is 1.87. The molecular formula is C15H11NO2. The van der Waals surface area contributed by atoms with Gasteiger partial charge < -0.3 is 9.40 Å². The van der Waals surface area contributed by atoms with Crippen molar-refractivity contribution in [3.63, 3.8) is 0 Å². The van der Waals surface area contributed by atoms with Gasteiger partial charge in [-0.25, -0.2) is 0 Å². The summed E-state index contributed by atoms with van der Waals surface area (Å²) in [5, 5.41) is 0.702.